The third-order valence-electron chi connectivity index (χ3n) is 5.93. The van der Waals surface area contributed by atoms with Crippen molar-refractivity contribution in [3.63, 3.8) is 0 Å². The van der Waals surface area contributed by atoms with Crippen LogP contribution < -0.4 is 25.8 Å². The minimum atomic E-state index is -0.731. The summed E-state index contributed by atoms with van der Waals surface area (Å²) in [6.45, 7) is 0.776. The van der Waals surface area contributed by atoms with Crippen molar-refractivity contribution >= 4 is 17.4 Å². The molecule has 38 heavy (non-hydrogen) atoms. The number of oxime groups is 1. The van der Waals surface area contributed by atoms with Crippen LogP contribution in [0.25, 0.3) is 0 Å². The average Bonchev–Trinajstić information content (AvgIpc) is 2.98. The Morgan fingerprint density at radius 2 is 1.55 bits per heavy atom. The first-order valence-electron chi connectivity index (χ1n) is 12.1. The Hall–Kier alpha value is -4.98. The Labute approximate surface area is 221 Å². The van der Waals surface area contributed by atoms with E-state index in [9.17, 15) is 4.79 Å². The topological polar surface area (TPSA) is 118 Å². The molecule has 0 saturated carbocycles. The summed E-state index contributed by atoms with van der Waals surface area (Å²) in [5.41, 5.74) is 9.64. The van der Waals surface area contributed by atoms with Crippen LogP contribution in [0.4, 0.5) is 5.69 Å². The zero-order chi connectivity index (χ0) is 26.7. The molecule has 0 fully saturated rings. The summed E-state index contributed by atoms with van der Waals surface area (Å²) in [4.78, 5) is 13.4. The molecule has 4 aromatic rings. The van der Waals surface area contributed by atoms with Gasteiger partial charge in [0.1, 0.15) is 12.6 Å². The van der Waals surface area contributed by atoms with Crippen LogP contribution in [0.5, 0.6) is 11.5 Å². The van der Waals surface area contributed by atoms with Crippen molar-refractivity contribution in [2.75, 3.05) is 12.4 Å². The first kappa shape index (κ1) is 26.1. The number of nitrogens with one attached hydrogen (secondary N) is 2. The number of amides is 1. The smallest absolute Gasteiger partial charge is 0.247 e. The number of hydrogen-bond acceptors (Lipinski definition) is 6. The molecular formula is C30H30N4O4. The predicted molar refractivity (Wildman–Crippen MR) is 147 cm³/mol. The summed E-state index contributed by atoms with van der Waals surface area (Å²) in [6.07, 6.45) is 0. The van der Waals surface area contributed by atoms with Gasteiger partial charge < -0.3 is 31.0 Å². The molecule has 8 nitrogen and oxygen atoms in total. The van der Waals surface area contributed by atoms with E-state index in [1.807, 2.05) is 66.7 Å². The second-order valence-corrected chi connectivity index (χ2v) is 8.53. The highest BCUT2D eigenvalue weighted by molar-refractivity contribution is 5.97. The number of carbonyl (C=O) groups is 1. The number of methoxy groups -OCH3 is 1. The molecule has 0 radical (unpaired) electrons. The van der Waals surface area contributed by atoms with Gasteiger partial charge in [0.2, 0.25) is 5.91 Å². The van der Waals surface area contributed by atoms with E-state index in [-0.39, 0.29) is 11.7 Å². The van der Waals surface area contributed by atoms with Crippen molar-refractivity contribution in [3.05, 3.63) is 125 Å². The van der Waals surface area contributed by atoms with Gasteiger partial charge in [-0.3, -0.25) is 4.79 Å². The maximum absolute atomic E-state index is 13.4. The second-order valence-electron chi connectivity index (χ2n) is 8.53. The van der Waals surface area contributed by atoms with Crippen LogP contribution in [0.1, 0.15) is 28.3 Å². The van der Waals surface area contributed by atoms with Gasteiger partial charge in [-0.1, -0.05) is 71.9 Å². The molecule has 0 aromatic heterocycles. The lowest BCUT2D eigenvalue weighted by Crippen LogP contribution is -2.33. The maximum Gasteiger partial charge on any atom is 0.247 e. The maximum atomic E-state index is 13.4. The van der Waals surface area contributed by atoms with Gasteiger partial charge in [-0.25, -0.2) is 0 Å². The van der Waals surface area contributed by atoms with Crippen molar-refractivity contribution in [3.8, 4) is 11.5 Å². The van der Waals surface area contributed by atoms with E-state index in [0.29, 0.717) is 41.5 Å². The van der Waals surface area contributed by atoms with Crippen LogP contribution in [0.2, 0.25) is 0 Å². The van der Waals surface area contributed by atoms with Crippen molar-refractivity contribution in [1.82, 2.24) is 5.32 Å². The fourth-order valence-corrected chi connectivity index (χ4v) is 3.87. The summed E-state index contributed by atoms with van der Waals surface area (Å²) >= 11 is 0. The molecule has 0 aliphatic rings. The van der Waals surface area contributed by atoms with Crippen LogP contribution >= 0.6 is 0 Å². The predicted octanol–water partition coefficient (Wildman–Crippen LogP) is 4.84. The van der Waals surface area contributed by atoms with Crippen LogP contribution in [0.15, 0.2) is 108 Å². The second kappa shape index (κ2) is 12.8. The van der Waals surface area contributed by atoms with Crippen molar-refractivity contribution in [2.24, 2.45) is 10.9 Å². The highest BCUT2D eigenvalue weighted by Crippen LogP contribution is 2.32. The zero-order valence-electron chi connectivity index (χ0n) is 21.0. The third-order valence-corrected chi connectivity index (χ3v) is 5.93. The van der Waals surface area contributed by atoms with Gasteiger partial charge in [-0.15, -0.1) is 0 Å². The number of anilines is 1. The molecule has 0 bridgehead atoms. The van der Waals surface area contributed by atoms with E-state index in [4.69, 9.17) is 20.4 Å². The van der Waals surface area contributed by atoms with E-state index in [1.54, 1.807) is 43.5 Å². The van der Waals surface area contributed by atoms with Gasteiger partial charge >= 0.3 is 0 Å². The Kier molecular flexibility index (Phi) is 8.80. The number of carbonyl (C=O) groups excluding carboxylic acids is 1. The largest absolute Gasteiger partial charge is 0.493 e. The van der Waals surface area contributed by atoms with Crippen molar-refractivity contribution < 1.29 is 19.5 Å². The van der Waals surface area contributed by atoms with Crippen LogP contribution in [-0.4, -0.2) is 24.1 Å². The quantitative estimate of drug-likeness (QED) is 0.0993. The molecule has 0 unspecified atom stereocenters. The molecule has 5 N–H and O–H groups in total. The van der Waals surface area contributed by atoms with Crippen molar-refractivity contribution in [1.29, 1.82) is 0 Å². The number of amidine groups is 1. The Morgan fingerprint density at radius 1 is 0.895 bits per heavy atom. The van der Waals surface area contributed by atoms with Gasteiger partial charge in [0.25, 0.3) is 0 Å². The van der Waals surface area contributed by atoms with Gasteiger partial charge in [0, 0.05) is 17.8 Å². The van der Waals surface area contributed by atoms with Gasteiger partial charge in [-0.2, -0.15) is 0 Å². The molecule has 0 saturated heterocycles. The fourth-order valence-electron chi connectivity index (χ4n) is 3.87. The third kappa shape index (κ3) is 6.82. The lowest BCUT2D eigenvalue weighted by Gasteiger charge is -2.22. The standard InChI is InChI=1S/C30H30N4O4/c1-37-27-18-24(14-17-26(27)38-20-22-10-6-3-7-11-22)28(30(35)32-19-21-8-4-2-5-9-21)33-25-15-12-23(13-16-25)29(31)34-36/h2-18,28,33,36H,19-20H2,1H3,(H2,31,34)(H,32,35)/t28-/m0/s1. The molecule has 0 aliphatic heterocycles. The summed E-state index contributed by atoms with van der Waals surface area (Å²) in [5.74, 6) is 0.883. The summed E-state index contributed by atoms with van der Waals surface area (Å²) in [7, 11) is 1.57. The van der Waals surface area contributed by atoms with Crippen LogP contribution in [-0.2, 0) is 17.9 Å². The summed E-state index contributed by atoms with van der Waals surface area (Å²) < 4.78 is 11.6. The number of hydrogen-bond donors (Lipinski definition) is 4. The highest BCUT2D eigenvalue weighted by atomic mass is 16.5. The molecule has 1 amide bonds. The van der Waals surface area contributed by atoms with Crippen LogP contribution in [0, 0.1) is 0 Å². The van der Waals surface area contributed by atoms with Crippen molar-refractivity contribution in [2.45, 2.75) is 19.2 Å². The van der Waals surface area contributed by atoms with E-state index >= 15 is 0 Å². The Balaban J connectivity index is 1.57. The first-order chi connectivity index (χ1) is 18.6. The van der Waals surface area contributed by atoms with Gasteiger partial charge in [-0.05, 0) is 53.1 Å². The lowest BCUT2D eigenvalue weighted by molar-refractivity contribution is -0.122. The number of benzene rings is 4. The SMILES string of the molecule is COc1cc([C@H](Nc2ccc(C(N)=NO)cc2)C(=O)NCc2ccccc2)ccc1OCc1ccccc1. The zero-order valence-corrected chi connectivity index (χ0v) is 21.0. The normalized spacial score (nSPS) is 11.9. The molecule has 0 aliphatic carbocycles. The Morgan fingerprint density at radius 3 is 2.18 bits per heavy atom. The highest BCUT2D eigenvalue weighted by Gasteiger charge is 2.22. The molecule has 4 rings (SSSR count). The number of nitrogens with zero attached hydrogens (tertiary/aromatic N) is 1. The average molecular weight is 511 g/mol. The van der Waals surface area contributed by atoms with Gasteiger partial charge in [0.15, 0.2) is 17.3 Å². The molecular weight excluding hydrogens is 480 g/mol. The van der Waals surface area contributed by atoms with Gasteiger partial charge in [0.05, 0.1) is 7.11 Å². The monoisotopic (exact) mass is 510 g/mol. The van der Waals surface area contributed by atoms with Crippen LogP contribution in [0.3, 0.4) is 0 Å². The number of rotatable bonds is 11. The van der Waals surface area contributed by atoms with E-state index in [0.717, 1.165) is 11.1 Å². The summed E-state index contributed by atoms with van der Waals surface area (Å²) in [6, 6.07) is 31.2. The molecule has 4 aromatic carbocycles. The molecule has 0 heterocycles. The van der Waals surface area contributed by atoms with E-state index < -0.39 is 6.04 Å². The molecule has 1 atom stereocenters. The lowest BCUT2D eigenvalue weighted by atomic mass is 10.0. The minimum absolute atomic E-state index is 0.00420. The first-order valence-corrected chi connectivity index (χ1v) is 12.1. The number of ether oxygens (including phenoxy) is 2. The van der Waals surface area contributed by atoms with E-state index in [1.165, 1.54) is 0 Å². The summed E-state index contributed by atoms with van der Waals surface area (Å²) in [5, 5.41) is 18.3. The fraction of sp³-hybridized carbons (Fsp3) is 0.133. The minimum Gasteiger partial charge on any atom is -0.493 e. The van der Waals surface area contributed by atoms with E-state index in [2.05, 4.69) is 15.8 Å². The Bertz CT molecular complexity index is 1360. The number of nitrogens with two attached hydrogens (primary N) is 1. The molecule has 0 spiro atoms. The molecule has 194 valence electrons. The molecule has 8 heteroatoms.